The summed E-state index contributed by atoms with van der Waals surface area (Å²) >= 11 is 0. The predicted molar refractivity (Wildman–Crippen MR) is 68.9 cm³/mol. The molecule has 7 heteroatoms. The van der Waals surface area contributed by atoms with Crippen molar-refractivity contribution in [1.29, 1.82) is 0 Å². The van der Waals surface area contributed by atoms with Crippen LogP contribution in [-0.4, -0.2) is 35.8 Å². The molecule has 1 aliphatic heterocycles. The van der Waals surface area contributed by atoms with Crippen molar-refractivity contribution in [3.05, 3.63) is 29.3 Å². The van der Waals surface area contributed by atoms with Crippen LogP contribution in [0.4, 0.5) is 14.5 Å². The van der Waals surface area contributed by atoms with E-state index in [1.165, 1.54) is 11.8 Å². The summed E-state index contributed by atoms with van der Waals surface area (Å²) in [7, 11) is 0. The van der Waals surface area contributed by atoms with Crippen LogP contribution in [0.25, 0.3) is 0 Å². The fraction of sp³-hybridized carbons (Fsp3) is 0.385. The first-order chi connectivity index (χ1) is 9.38. The van der Waals surface area contributed by atoms with Crippen LogP contribution in [0.2, 0.25) is 0 Å². The Hall–Kier alpha value is -2.18. The van der Waals surface area contributed by atoms with E-state index in [0.717, 1.165) is 6.07 Å². The van der Waals surface area contributed by atoms with Crippen molar-refractivity contribution in [3.63, 3.8) is 0 Å². The van der Waals surface area contributed by atoms with Crippen molar-refractivity contribution >= 4 is 17.5 Å². The predicted octanol–water partition coefficient (Wildman–Crippen LogP) is 0.898. The van der Waals surface area contributed by atoms with E-state index in [2.05, 4.69) is 5.32 Å². The minimum Gasteiger partial charge on any atom is -0.396 e. The molecule has 0 bridgehead atoms. The molecule has 1 heterocycles. The fourth-order valence-corrected chi connectivity index (χ4v) is 2.25. The molecule has 0 spiro atoms. The average Bonchev–Trinajstić information content (AvgIpc) is 2.80. The third kappa shape index (κ3) is 2.87. The zero-order valence-electron chi connectivity index (χ0n) is 11.0. The van der Waals surface area contributed by atoms with Crippen molar-refractivity contribution < 1.29 is 18.4 Å². The van der Waals surface area contributed by atoms with Gasteiger partial charge in [-0.2, -0.15) is 0 Å². The van der Waals surface area contributed by atoms with E-state index in [1.807, 2.05) is 0 Å². The maximum atomic E-state index is 13.6. The SMILES string of the molecule is CC(=O)NC1CCN(C(=O)c2cc(N)c(F)cc2F)C1. The number of amides is 2. The Kier molecular flexibility index (Phi) is 3.87. The molecule has 1 aromatic carbocycles. The Morgan fingerprint density at radius 1 is 1.35 bits per heavy atom. The zero-order valence-corrected chi connectivity index (χ0v) is 11.0. The lowest BCUT2D eigenvalue weighted by molar-refractivity contribution is -0.119. The van der Waals surface area contributed by atoms with E-state index >= 15 is 0 Å². The Morgan fingerprint density at radius 3 is 2.70 bits per heavy atom. The quantitative estimate of drug-likeness (QED) is 0.792. The maximum absolute atomic E-state index is 13.6. The third-order valence-corrected chi connectivity index (χ3v) is 3.20. The van der Waals surface area contributed by atoms with E-state index in [4.69, 9.17) is 5.73 Å². The lowest BCUT2D eigenvalue weighted by Crippen LogP contribution is -2.37. The van der Waals surface area contributed by atoms with E-state index in [0.29, 0.717) is 25.6 Å². The Morgan fingerprint density at radius 2 is 2.05 bits per heavy atom. The third-order valence-electron chi connectivity index (χ3n) is 3.20. The average molecular weight is 283 g/mol. The maximum Gasteiger partial charge on any atom is 0.256 e. The fourth-order valence-electron chi connectivity index (χ4n) is 2.25. The van der Waals surface area contributed by atoms with Crippen molar-refractivity contribution in [2.75, 3.05) is 18.8 Å². The van der Waals surface area contributed by atoms with Crippen LogP contribution in [0.1, 0.15) is 23.7 Å². The molecular weight excluding hydrogens is 268 g/mol. The van der Waals surface area contributed by atoms with Crippen molar-refractivity contribution in [2.45, 2.75) is 19.4 Å². The number of likely N-dealkylation sites (tertiary alicyclic amines) is 1. The highest BCUT2D eigenvalue weighted by molar-refractivity contribution is 5.95. The molecule has 108 valence electrons. The van der Waals surface area contributed by atoms with Gasteiger partial charge in [-0.1, -0.05) is 0 Å². The van der Waals surface area contributed by atoms with Gasteiger partial charge < -0.3 is 16.0 Å². The molecule has 1 fully saturated rings. The number of nitrogens with zero attached hydrogens (tertiary/aromatic N) is 1. The number of halogens is 2. The molecule has 0 radical (unpaired) electrons. The summed E-state index contributed by atoms with van der Waals surface area (Å²) in [6.07, 6.45) is 0.601. The van der Waals surface area contributed by atoms with Gasteiger partial charge in [0.15, 0.2) is 0 Å². The summed E-state index contributed by atoms with van der Waals surface area (Å²) < 4.78 is 26.7. The first-order valence-electron chi connectivity index (χ1n) is 6.19. The first-order valence-corrected chi connectivity index (χ1v) is 6.19. The van der Waals surface area contributed by atoms with Gasteiger partial charge in [-0.3, -0.25) is 9.59 Å². The van der Waals surface area contributed by atoms with Gasteiger partial charge in [-0.25, -0.2) is 8.78 Å². The smallest absolute Gasteiger partial charge is 0.256 e. The van der Waals surface area contributed by atoms with Gasteiger partial charge in [-0.15, -0.1) is 0 Å². The molecule has 2 amide bonds. The monoisotopic (exact) mass is 283 g/mol. The minimum atomic E-state index is -0.940. The highest BCUT2D eigenvalue weighted by atomic mass is 19.1. The lowest BCUT2D eigenvalue weighted by atomic mass is 10.1. The number of hydrogen-bond donors (Lipinski definition) is 2. The number of carbonyl (C=O) groups is 2. The molecule has 0 aliphatic carbocycles. The van der Waals surface area contributed by atoms with Gasteiger partial charge in [0.05, 0.1) is 11.3 Å². The largest absolute Gasteiger partial charge is 0.396 e. The first kappa shape index (κ1) is 14.2. The molecule has 1 saturated heterocycles. The molecule has 0 saturated carbocycles. The Labute approximate surface area is 114 Å². The lowest BCUT2D eigenvalue weighted by Gasteiger charge is -2.17. The molecular formula is C13H15F2N3O2. The molecule has 0 aromatic heterocycles. The van der Waals surface area contributed by atoms with Crippen LogP contribution in [-0.2, 0) is 4.79 Å². The molecule has 2 rings (SSSR count). The Balaban J connectivity index is 2.13. The van der Waals surface area contributed by atoms with Crippen LogP contribution in [0, 0.1) is 11.6 Å². The summed E-state index contributed by atoms with van der Waals surface area (Å²) in [5, 5.41) is 2.70. The molecule has 3 N–H and O–H groups in total. The van der Waals surface area contributed by atoms with Gasteiger partial charge in [-0.05, 0) is 12.5 Å². The van der Waals surface area contributed by atoms with Crippen LogP contribution in [0.5, 0.6) is 0 Å². The highest BCUT2D eigenvalue weighted by Crippen LogP contribution is 2.20. The molecule has 1 atom stereocenters. The van der Waals surface area contributed by atoms with Gasteiger partial charge in [0, 0.05) is 32.1 Å². The highest BCUT2D eigenvalue weighted by Gasteiger charge is 2.29. The summed E-state index contributed by atoms with van der Waals surface area (Å²) in [6, 6.07) is 1.46. The number of nitrogens with two attached hydrogens (primary N) is 1. The number of anilines is 1. The number of hydrogen-bond acceptors (Lipinski definition) is 3. The molecule has 5 nitrogen and oxygen atoms in total. The topological polar surface area (TPSA) is 75.4 Å². The molecule has 1 unspecified atom stereocenters. The number of nitrogen functional groups attached to an aromatic ring is 1. The van der Waals surface area contributed by atoms with E-state index < -0.39 is 17.5 Å². The Bertz CT molecular complexity index is 563. The summed E-state index contributed by atoms with van der Waals surface area (Å²) in [6.45, 7) is 2.10. The normalized spacial score (nSPS) is 18.1. The second-order valence-electron chi connectivity index (χ2n) is 4.79. The summed E-state index contributed by atoms with van der Waals surface area (Å²) in [4.78, 5) is 24.5. The number of benzene rings is 1. The van der Waals surface area contributed by atoms with Crippen molar-refractivity contribution in [3.8, 4) is 0 Å². The number of carbonyl (C=O) groups excluding carboxylic acids is 2. The van der Waals surface area contributed by atoms with E-state index in [1.54, 1.807) is 0 Å². The zero-order chi connectivity index (χ0) is 14.9. The molecule has 1 aliphatic rings. The van der Waals surface area contributed by atoms with E-state index in [-0.39, 0.29) is 23.2 Å². The minimum absolute atomic E-state index is 0.141. The van der Waals surface area contributed by atoms with E-state index in [9.17, 15) is 18.4 Å². The molecule has 20 heavy (non-hydrogen) atoms. The van der Waals surface area contributed by atoms with Gasteiger partial charge >= 0.3 is 0 Å². The van der Waals surface area contributed by atoms with Crippen molar-refractivity contribution in [2.24, 2.45) is 0 Å². The van der Waals surface area contributed by atoms with Gasteiger partial charge in [0.1, 0.15) is 11.6 Å². The van der Waals surface area contributed by atoms with Crippen molar-refractivity contribution in [1.82, 2.24) is 10.2 Å². The molecule has 1 aromatic rings. The van der Waals surface area contributed by atoms with Crippen LogP contribution < -0.4 is 11.1 Å². The van der Waals surface area contributed by atoms with Gasteiger partial charge in [0.2, 0.25) is 5.91 Å². The van der Waals surface area contributed by atoms with Crippen LogP contribution in [0.15, 0.2) is 12.1 Å². The standard InChI is InChI=1S/C13H15F2N3O2/c1-7(19)17-8-2-3-18(6-8)13(20)9-4-12(16)11(15)5-10(9)14/h4-5,8H,2-3,6,16H2,1H3,(H,17,19). The second kappa shape index (κ2) is 5.44. The number of rotatable bonds is 2. The van der Waals surface area contributed by atoms with Crippen LogP contribution in [0.3, 0.4) is 0 Å². The number of nitrogens with one attached hydrogen (secondary N) is 1. The summed E-state index contributed by atoms with van der Waals surface area (Å²) in [5.41, 5.74) is 4.82. The van der Waals surface area contributed by atoms with Gasteiger partial charge in [0.25, 0.3) is 5.91 Å². The second-order valence-corrected chi connectivity index (χ2v) is 4.79. The van der Waals surface area contributed by atoms with Crippen LogP contribution >= 0.6 is 0 Å². The summed E-state index contributed by atoms with van der Waals surface area (Å²) in [5.74, 6) is -2.56.